The average Bonchev–Trinajstić information content (AvgIpc) is 2.09. The number of piperidine rings is 1. The molecular weight excluding hydrogens is 168 g/mol. The second-order valence-corrected chi connectivity index (χ2v) is 3.04. The minimum absolute atomic E-state index is 0.174. The minimum atomic E-state index is -0.211. The van der Waals surface area contributed by atoms with Crippen LogP contribution in [0.2, 0.25) is 0 Å². The Morgan fingerprint density at radius 2 is 2.38 bits per heavy atom. The van der Waals surface area contributed by atoms with E-state index in [1.165, 1.54) is 0 Å². The Hall–Kier alpha value is -1.16. The van der Waals surface area contributed by atoms with Crippen LogP contribution < -0.4 is 10.6 Å². The van der Waals surface area contributed by atoms with E-state index in [0.717, 1.165) is 13.0 Å². The van der Waals surface area contributed by atoms with E-state index >= 15 is 0 Å². The Bertz CT molecular complexity index is 226. The molecule has 0 saturated carbocycles. The third-order valence-corrected chi connectivity index (χ3v) is 1.98. The van der Waals surface area contributed by atoms with Gasteiger partial charge in [-0.1, -0.05) is 6.08 Å². The molecule has 1 rings (SSSR count). The summed E-state index contributed by atoms with van der Waals surface area (Å²) < 4.78 is 0. The summed E-state index contributed by atoms with van der Waals surface area (Å²) in [6, 6.07) is -0.211. The van der Waals surface area contributed by atoms with Gasteiger partial charge in [-0.05, 0) is 19.4 Å². The van der Waals surface area contributed by atoms with E-state index in [1.807, 2.05) is 0 Å². The van der Waals surface area contributed by atoms with Crippen LogP contribution in [0.4, 0.5) is 0 Å². The van der Waals surface area contributed by atoms with Crippen molar-refractivity contribution in [3.05, 3.63) is 12.7 Å². The molecule has 0 aromatic rings. The van der Waals surface area contributed by atoms with Crippen LogP contribution >= 0.6 is 0 Å². The maximum Gasteiger partial charge on any atom is 0.243 e. The molecule has 0 aromatic heterocycles. The normalized spacial score (nSPS) is 22.6. The molecule has 4 heteroatoms. The minimum Gasteiger partial charge on any atom is -0.306 e. The average molecular weight is 182 g/mol. The third-order valence-electron chi connectivity index (χ3n) is 1.98. The highest BCUT2D eigenvalue weighted by molar-refractivity contribution is 6.00. The highest BCUT2D eigenvalue weighted by Gasteiger charge is 2.25. The zero-order valence-electron chi connectivity index (χ0n) is 7.51. The third kappa shape index (κ3) is 2.99. The predicted molar refractivity (Wildman–Crippen MR) is 49.0 cm³/mol. The van der Waals surface area contributed by atoms with Crippen molar-refractivity contribution in [3.63, 3.8) is 0 Å². The lowest BCUT2D eigenvalue weighted by Crippen LogP contribution is -2.50. The van der Waals surface area contributed by atoms with Gasteiger partial charge in [0.05, 0.1) is 6.04 Å². The second-order valence-electron chi connectivity index (χ2n) is 3.04. The van der Waals surface area contributed by atoms with Gasteiger partial charge in [0.1, 0.15) is 0 Å². The van der Waals surface area contributed by atoms with Crippen LogP contribution in [0.5, 0.6) is 0 Å². The molecule has 2 amide bonds. The summed E-state index contributed by atoms with van der Waals surface area (Å²) in [6.07, 6.45) is 3.65. The molecule has 0 bridgehead atoms. The van der Waals surface area contributed by atoms with Crippen molar-refractivity contribution in [2.75, 3.05) is 6.54 Å². The molecule has 1 heterocycles. The fraction of sp³-hybridized carbons (Fsp3) is 0.556. The summed E-state index contributed by atoms with van der Waals surface area (Å²) in [4.78, 5) is 22.0. The van der Waals surface area contributed by atoms with Crippen LogP contribution in [-0.4, -0.2) is 24.4 Å². The topological polar surface area (TPSA) is 58.2 Å². The molecule has 0 aliphatic carbocycles. The zero-order valence-corrected chi connectivity index (χ0v) is 7.51. The van der Waals surface area contributed by atoms with Crippen molar-refractivity contribution >= 4 is 11.8 Å². The van der Waals surface area contributed by atoms with Crippen LogP contribution in [-0.2, 0) is 9.59 Å². The van der Waals surface area contributed by atoms with Gasteiger partial charge >= 0.3 is 0 Å². The molecule has 0 spiro atoms. The number of rotatable bonds is 4. The fourth-order valence-electron chi connectivity index (χ4n) is 1.25. The maximum absolute atomic E-state index is 11.2. The summed E-state index contributed by atoms with van der Waals surface area (Å²) >= 11 is 0. The van der Waals surface area contributed by atoms with Gasteiger partial charge in [-0.25, -0.2) is 0 Å². The summed E-state index contributed by atoms with van der Waals surface area (Å²) in [6.45, 7) is 4.31. The first kappa shape index (κ1) is 9.92. The van der Waals surface area contributed by atoms with Gasteiger partial charge in [-0.3, -0.25) is 14.9 Å². The van der Waals surface area contributed by atoms with Crippen LogP contribution in [0.15, 0.2) is 12.7 Å². The van der Waals surface area contributed by atoms with Gasteiger partial charge in [0.25, 0.3) is 0 Å². The maximum atomic E-state index is 11.2. The van der Waals surface area contributed by atoms with Crippen LogP contribution in [0, 0.1) is 0 Å². The Morgan fingerprint density at radius 3 is 3.00 bits per heavy atom. The summed E-state index contributed by atoms with van der Waals surface area (Å²) in [5.74, 6) is -0.382. The lowest BCUT2D eigenvalue weighted by atomic mass is 10.1. The largest absolute Gasteiger partial charge is 0.306 e. The molecule has 72 valence electrons. The molecule has 1 fully saturated rings. The smallest absolute Gasteiger partial charge is 0.243 e. The number of amides is 2. The molecular formula is C9H14N2O2. The first-order valence-electron chi connectivity index (χ1n) is 4.42. The highest BCUT2D eigenvalue weighted by atomic mass is 16.2. The monoisotopic (exact) mass is 182 g/mol. The SMILES string of the molecule is C=CCCNC1CCC(=O)NC1=O. The molecule has 2 N–H and O–H groups in total. The van der Waals surface area contributed by atoms with E-state index in [-0.39, 0.29) is 17.9 Å². The zero-order chi connectivity index (χ0) is 9.68. The number of carbonyl (C=O) groups is 2. The van der Waals surface area contributed by atoms with Gasteiger partial charge in [0, 0.05) is 6.42 Å². The van der Waals surface area contributed by atoms with Gasteiger partial charge in [-0.15, -0.1) is 6.58 Å². The molecule has 0 aromatic carbocycles. The van der Waals surface area contributed by atoms with Crippen LogP contribution in [0.1, 0.15) is 19.3 Å². The highest BCUT2D eigenvalue weighted by Crippen LogP contribution is 2.03. The lowest BCUT2D eigenvalue weighted by Gasteiger charge is -2.21. The number of imide groups is 1. The quantitative estimate of drug-likeness (QED) is 0.364. The fourth-order valence-corrected chi connectivity index (χ4v) is 1.25. The molecule has 1 atom stereocenters. The molecule has 4 nitrogen and oxygen atoms in total. The summed E-state index contributed by atoms with van der Waals surface area (Å²) in [5, 5.41) is 5.35. The lowest BCUT2D eigenvalue weighted by molar-refractivity contribution is -0.134. The predicted octanol–water partition coefficient (Wildman–Crippen LogP) is -0.0427. The van der Waals surface area contributed by atoms with E-state index in [0.29, 0.717) is 12.8 Å². The first-order chi connectivity index (χ1) is 6.24. The van der Waals surface area contributed by atoms with E-state index in [2.05, 4.69) is 17.2 Å². The van der Waals surface area contributed by atoms with Gasteiger partial charge in [0.15, 0.2) is 0 Å². The van der Waals surface area contributed by atoms with E-state index in [9.17, 15) is 9.59 Å². The second kappa shape index (κ2) is 4.77. The summed E-state index contributed by atoms with van der Waals surface area (Å²) in [5.41, 5.74) is 0. The molecule has 1 unspecified atom stereocenters. The molecule has 0 radical (unpaired) electrons. The van der Waals surface area contributed by atoms with Crippen molar-refractivity contribution < 1.29 is 9.59 Å². The molecule has 1 saturated heterocycles. The van der Waals surface area contributed by atoms with Gasteiger partial charge in [-0.2, -0.15) is 0 Å². The van der Waals surface area contributed by atoms with Crippen molar-refractivity contribution in [3.8, 4) is 0 Å². The van der Waals surface area contributed by atoms with Crippen molar-refractivity contribution in [2.45, 2.75) is 25.3 Å². The Labute approximate surface area is 77.4 Å². The number of hydrogen-bond donors (Lipinski definition) is 2. The van der Waals surface area contributed by atoms with Crippen molar-refractivity contribution in [1.82, 2.24) is 10.6 Å². The number of carbonyl (C=O) groups excluding carboxylic acids is 2. The van der Waals surface area contributed by atoms with E-state index in [4.69, 9.17) is 0 Å². The van der Waals surface area contributed by atoms with E-state index in [1.54, 1.807) is 6.08 Å². The molecule has 1 aliphatic heterocycles. The molecule has 13 heavy (non-hydrogen) atoms. The summed E-state index contributed by atoms with van der Waals surface area (Å²) in [7, 11) is 0. The Kier molecular flexibility index (Phi) is 3.64. The Morgan fingerprint density at radius 1 is 1.62 bits per heavy atom. The van der Waals surface area contributed by atoms with Crippen molar-refractivity contribution in [1.29, 1.82) is 0 Å². The van der Waals surface area contributed by atoms with Crippen LogP contribution in [0.3, 0.4) is 0 Å². The standard InChI is InChI=1S/C9H14N2O2/c1-2-3-6-10-7-4-5-8(12)11-9(7)13/h2,7,10H,1,3-6H2,(H,11,12,13). The number of hydrogen-bond acceptors (Lipinski definition) is 3. The van der Waals surface area contributed by atoms with E-state index < -0.39 is 0 Å². The van der Waals surface area contributed by atoms with Crippen LogP contribution in [0.25, 0.3) is 0 Å². The van der Waals surface area contributed by atoms with Gasteiger partial charge < -0.3 is 5.32 Å². The molecule has 1 aliphatic rings. The number of nitrogens with one attached hydrogen (secondary N) is 2. The Balaban J connectivity index is 2.29. The first-order valence-corrected chi connectivity index (χ1v) is 4.42. The van der Waals surface area contributed by atoms with Gasteiger partial charge in [0.2, 0.25) is 11.8 Å². The van der Waals surface area contributed by atoms with Crippen molar-refractivity contribution in [2.24, 2.45) is 0 Å².